The molecule has 0 fully saturated rings. The van der Waals surface area contributed by atoms with Gasteiger partial charge in [-0.3, -0.25) is 9.59 Å². The van der Waals surface area contributed by atoms with Crippen molar-refractivity contribution in [1.82, 2.24) is 0 Å². The lowest BCUT2D eigenvalue weighted by atomic mass is 9.95. The fourth-order valence-corrected chi connectivity index (χ4v) is 1.44. The minimum atomic E-state index is -1.12. The number of hydrogen-bond acceptors (Lipinski definition) is 5. The van der Waals surface area contributed by atoms with E-state index in [4.69, 9.17) is 0 Å². The van der Waals surface area contributed by atoms with Gasteiger partial charge in [-0.15, -0.1) is 0 Å². The van der Waals surface area contributed by atoms with E-state index in [0.717, 1.165) is 6.07 Å². The van der Waals surface area contributed by atoms with Gasteiger partial charge in [-0.2, -0.15) is 0 Å². The molecule has 5 nitrogen and oxygen atoms in total. The largest absolute Gasteiger partial charge is 0.508 e. The van der Waals surface area contributed by atoms with Gasteiger partial charge in [0.2, 0.25) is 0 Å². The quantitative estimate of drug-likeness (QED) is 0.589. The Labute approximate surface area is 92.3 Å². The molecule has 0 aliphatic rings. The Morgan fingerprint density at radius 2 is 1.69 bits per heavy atom. The zero-order valence-electron chi connectivity index (χ0n) is 8.93. The van der Waals surface area contributed by atoms with E-state index in [1.54, 1.807) is 0 Å². The molecule has 1 rings (SSSR count). The monoisotopic (exact) mass is 224 g/mol. The highest BCUT2D eigenvalue weighted by Crippen LogP contribution is 2.27. The average molecular weight is 224 g/mol. The van der Waals surface area contributed by atoms with Crippen LogP contribution in [0.2, 0.25) is 0 Å². The van der Waals surface area contributed by atoms with Crippen molar-refractivity contribution in [3.05, 3.63) is 23.8 Å². The van der Waals surface area contributed by atoms with Crippen molar-refractivity contribution in [3.8, 4) is 11.5 Å². The van der Waals surface area contributed by atoms with Crippen LogP contribution in [-0.2, 0) is 14.3 Å². The highest BCUT2D eigenvalue weighted by atomic mass is 16.5. The fraction of sp³-hybridized carbons (Fsp3) is 0.273. The lowest BCUT2D eigenvalue weighted by molar-refractivity contribution is -0.145. The van der Waals surface area contributed by atoms with E-state index in [1.807, 2.05) is 0 Å². The summed E-state index contributed by atoms with van der Waals surface area (Å²) in [6, 6.07) is 3.59. The molecule has 0 aliphatic heterocycles. The minimum absolute atomic E-state index is 0.205. The molecule has 1 atom stereocenters. The number of phenols is 2. The Kier molecular flexibility index (Phi) is 3.50. The second-order valence-corrected chi connectivity index (χ2v) is 3.35. The van der Waals surface area contributed by atoms with Gasteiger partial charge in [0.1, 0.15) is 23.2 Å². The topological polar surface area (TPSA) is 83.8 Å². The van der Waals surface area contributed by atoms with Crippen molar-refractivity contribution in [1.29, 1.82) is 0 Å². The summed E-state index contributed by atoms with van der Waals surface area (Å²) in [5, 5.41) is 18.5. The van der Waals surface area contributed by atoms with Crippen LogP contribution in [0.3, 0.4) is 0 Å². The van der Waals surface area contributed by atoms with E-state index < -0.39 is 17.7 Å². The molecular formula is C11H12O5. The molecule has 2 N–H and O–H groups in total. The van der Waals surface area contributed by atoms with Gasteiger partial charge in [-0.05, 0) is 24.6 Å². The summed E-state index contributed by atoms with van der Waals surface area (Å²) in [5.74, 6) is -2.70. The number of carbonyl (C=O) groups is 2. The van der Waals surface area contributed by atoms with Gasteiger partial charge in [-0.1, -0.05) is 0 Å². The SMILES string of the molecule is COC(=O)C(C(C)=O)c1cc(O)cc(O)c1. The van der Waals surface area contributed by atoms with Gasteiger partial charge >= 0.3 is 5.97 Å². The molecule has 0 spiro atoms. The number of phenolic OH excluding ortho intramolecular Hbond substituents is 2. The standard InChI is InChI=1S/C11H12O5/c1-6(12)10(11(15)16-2)7-3-8(13)5-9(14)4-7/h3-5,10,13-14H,1-2H3. The number of esters is 1. The van der Waals surface area contributed by atoms with E-state index in [1.165, 1.54) is 26.2 Å². The molecule has 5 heteroatoms. The third kappa shape index (κ3) is 2.50. The zero-order chi connectivity index (χ0) is 12.3. The number of Topliss-reactive ketones (excluding diaryl/α,β-unsaturated/α-hetero) is 1. The van der Waals surface area contributed by atoms with Gasteiger partial charge in [0, 0.05) is 6.07 Å². The van der Waals surface area contributed by atoms with Crippen LogP contribution < -0.4 is 0 Å². The highest BCUT2D eigenvalue weighted by Gasteiger charge is 2.27. The predicted molar refractivity (Wildman–Crippen MR) is 55.2 cm³/mol. The second kappa shape index (κ2) is 4.65. The van der Waals surface area contributed by atoms with Gasteiger partial charge in [-0.25, -0.2) is 0 Å². The molecule has 0 radical (unpaired) electrons. The number of ether oxygens (including phenoxy) is 1. The molecule has 0 bridgehead atoms. The summed E-state index contributed by atoms with van der Waals surface area (Å²) < 4.78 is 4.48. The van der Waals surface area contributed by atoms with Gasteiger partial charge in [0.25, 0.3) is 0 Å². The predicted octanol–water partition coefficient (Wildman–Crippen LogP) is 0.943. The lowest BCUT2D eigenvalue weighted by Crippen LogP contribution is -2.21. The Bertz CT molecular complexity index is 404. The number of benzene rings is 1. The number of ketones is 1. The molecule has 86 valence electrons. The number of hydrogen-bond donors (Lipinski definition) is 2. The molecule has 1 aromatic carbocycles. The zero-order valence-corrected chi connectivity index (χ0v) is 8.93. The minimum Gasteiger partial charge on any atom is -0.508 e. The first-order chi connectivity index (χ1) is 7.45. The summed E-state index contributed by atoms with van der Waals surface area (Å²) in [4.78, 5) is 22.7. The van der Waals surface area contributed by atoms with Crippen LogP contribution in [0.15, 0.2) is 18.2 Å². The normalized spacial score (nSPS) is 11.9. The van der Waals surface area contributed by atoms with Crippen LogP contribution >= 0.6 is 0 Å². The first-order valence-corrected chi connectivity index (χ1v) is 4.57. The van der Waals surface area contributed by atoms with E-state index >= 15 is 0 Å². The fourth-order valence-electron chi connectivity index (χ4n) is 1.44. The van der Waals surface area contributed by atoms with Crippen LogP contribution in [0.5, 0.6) is 11.5 Å². The Morgan fingerprint density at radius 3 is 2.06 bits per heavy atom. The number of methoxy groups -OCH3 is 1. The smallest absolute Gasteiger partial charge is 0.320 e. The van der Waals surface area contributed by atoms with Crippen molar-refractivity contribution in [2.75, 3.05) is 7.11 Å². The maximum atomic E-state index is 11.4. The average Bonchev–Trinajstić information content (AvgIpc) is 2.15. The Morgan fingerprint density at radius 1 is 1.19 bits per heavy atom. The van der Waals surface area contributed by atoms with Crippen LogP contribution in [0.1, 0.15) is 18.4 Å². The molecule has 0 amide bonds. The van der Waals surface area contributed by atoms with Crippen molar-refractivity contribution in [2.45, 2.75) is 12.8 Å². The van der Waals surface area contributed by atoms with Gasteiger partial charge in [0.15, 0.2) is 0 Å². The molecule has 0 saturated heterocycles. The number of rotatable bonds is 3. The summed E-state index contributed by atoms with van der Waals surface area (Å²) in [7, 11) is 1.17. The summed E-state index contributed by atoms with van der Waals surface area (Å²) >= 11 is 0. The maximum absolute atomic E-state index is 11.4. The van der Waals surface area contributed by atoms with Crippen molar-refractivity contribution < 1.29 is 24.5 Å². The molecule has 0 aliphatic carbocycles. The molecule has 1 aromatic rings. The number of aromatic hydroxyl groups is 2. The summed E-state index contributed by atoms with van der Waals surface area (Å²) in [5.41, 5.74) is 0.205. The van der Waals surface area contributed by atoms with Crippen molar-refractivity contribution >= 4 is 11.8 Å². The van der Waals surface area contributed by atoms with E-state index in [2.05, 4.69) is 4.74 Å². The van der Waals surface area contributed by atoms with Gasteiger partial charge < -0.3 is 14.9 Å². The first kappa shape index (κ1) is 12.0. The molecule has 16 heavy (non-hydrogen) atoms. The van der Waals surface area contributed by atoms with Crippen LogP contribution in [0, 0.1) is 0 Å². The van der Waals surface area contributed by atoms with Crippen molar-refractivity contribution in [3.63, 3.8) is 0 Å². The molecule has 0 heterocycles. The Balaban J connectivity index is 3.21. The third-order valence-electron chi connectivity index (χ3n) is 2.10. The maximum Gasteiger partial charge on any atom is 0.320 e. The number of carbonyl (C=O) groups excluding carboxylic acids is 2. The third-order valence-corrected chi connectivity index (χ3v) is 2.10. The summed E-state index contributed by atoms with van der Waals surface area (Å²) in [6.07, 6.45) is 0. The Hall–Kier alpha value is -2.04. The first-order valence-electron chi connectivity index (χ1n) is 4.57. The molecular weight excluding hydrogens is 212 g/mol. The molecule has 1 unspecified atom stereocenters. The highest BCUT2D eigenvalue weighted by molar-refractivity contribution is 6.03. The van der Waals surface area contributed by atoms with Crippen LogP contribution in [0.4, 0.5) is 0 Å². The second-order valence-electron chi connectivity index (χ2n) is 3.35. The van der Waals surface area contributed by atoms with E-state index in [9.17, 15) is 19.8 Å². The van der Waals surface area contributed by atoms with Crippen LogP contribution in [0.25, 0.3) is 0 Å². The summed E-state index contributed by atoms with van der Waals surface area (Å²) in [6.45, 7) is 1.24. The van der Waals surface area contributed by atoms with Gasteiger partial charge in [0.05, 0.1) is 7.11 Å². The lowest BCUT2D eigenvalue weighted by Gasteiger charge is -2.12. The molecule has 0 aromatic heterocycles. The van der Waals surface area contributed by atoms with E-state index in [0.29, 0.717) is 0 Å². The van der Waals surface area contributed by atoms with Crippen LogP contribution in [-0.4, -0.2) is 29.1 Å². The van der Waals surface area contributed by atoms with Crippen molar-refractivity contribution in [2.24, 2.45) is 0 Å². The van der Waals surface area contributed by atoms with E-state index in [-0.39, 0.29) is 17.1 Å². The molecule has 0 saturated carbocycles.